The number of ether oxygens (including phenoxy) is 1. The molecule has 2 N–H and O–H groups in total. The van der Waals surface area contributed by atoms with Crippen LogP contribution in [0.4, 0.5) is 4.79 Å². The minimum atomic E-state index is -0.874. The Labute approximate surface area is 177 Å². The van der Waals surface area contributed by atoms with E-state index in [9.17, 15) is 14.4 Å². The molecule has 0 bridgehead atoms. The molecular formula is C22H30N4O4. The molecule has 8 heteroatoms. The van der Waals surface area contributed by atoms with Crippen molar-refractivity contribution < 1.29 is 19.1 Å². The van der Waals surface area contributed by atoms with E-state index in [4.69, 9.17) is 4.74 Å². The molecule has 8 nitrogen and oxygen atoms in total. The lowest BCUT2D eigenvalue weighted by Crippen LogP contribution is -2.52. The van der Waals surface area contributed by atoms with Gasteiger partial charge in [-0.2, -0.15) is 5.01 Å². The monoisotopic (exact) mass is 414 g/mol. The topological polar surface area (TPSA) is 91.0 Å². The van der Waals surface area contributed by atoms with Crippen LogP contribution in [-0.4, -0.2) is 53.5 Å². The Morgan fingerprint density at radius 3 is 2.60 bits per heavy atom. The summed E-state index contributed by atoms with van der Waals surface area (Å²) in [5.41, 5.74) is 2.63. The van der Waals surface area contributed by atoms with Crippen molar-refractivity contribution in [3.8, 4) is 5.75 Å². The summed E-state index contributed by atoms with van der Waals surface area (Å²) in [5.74, 6) is 0.513. The smallest absolute Gasteiger partial charge is 0.344 e. The fourth-order valence-electron chi connectivity index (χ4n) is 4.04. The average molecular weight is 415 g/mol. The minimum absolute atomic E-state index is 0.0269. The number of nitrogens with zero attached hydrogens (tertiary/aromatic N) is 2. The molecule has 1 spiro atoms. The Bertz CT molecular complexity index is 800. The van der Waals surface area contributed by atoms with Gasteiger partial charge in [-0.25, -0.2) is 4.79 Å². The van der Waals surface area contributed by atoms with Gasteiger partial charge in [-0.15, -0.1) is 6.58 Å². The lowest BCUT2D eigenvalue weighted by atomic mass is 9.77. The molecule has 1 aromatic rings. The van der Waals surface area contributed by atoms with Crippen molar-refractivity contribution in [3.63, 3.8) is 0 Å². The highest BCUT2D eigenvalue weighted by atomic mass is 16.5. The van der Waals surface area contributed by atoms with Crippen LogP contribution in [0.1, 0.15) is 38.2 Å². The molecule has 0 radical (unpaired) electrons. The maximum absolute atomic E-state index is 12.9. The van der Waals surface area contributed by atoms with Crippen LogP contribution in [0.3, 0.4) is 0 Å². The van der Waals surface area contributed by atoms with Gasteiger partial charge in [0.25, 0.3) is 11.8 Å². The van der Waals surface area contributed by atoms with Gasteiger partial charge in [-0.1, -0.05) is 25.1 Å². The summed E-state index contributed by atoms with van der Waals surface area (Å²) in [7, 11) is 1.61. The fraction of sp³-hybridized carbons (Fsp3) is 0.500. The van der Waals surface area contributed by atoms with Gasteiger partial charge < -0.3 is 10.1 Å². The number of nitrogens with one attached hydrogen (secondary N) is 2. The normalized spacial score (nSPS) is 23.6. The van der Waals surface area contributed by atoms with Crippen LogP contribution >= 0.6 is 0 Å². The highest BCUT2D eigenvalue weighted by molar-refractivity contribution is 6.08. The van der Waals surface area contributed by atoms with Crippen molar-refractivity contribution in [1.82, 2.24) is 20.7 Å². The van der Waals surface area contributed by atoms with E-state index in [-0.39, 0.29) is 12.5 Å². The third kappa shape index (κ3) is 4.81. The molecule has 1 heterocycles. The Morgan fingerprint density at radius 1 is 1.33 bits per heavy atom. The van der Waals surface area contributed by atoms with E-state index in [1.165, 1.54) is 0 Å². The zero-order valence-electron chi connectivity index (χ0n) is 17.6. The summed E-state index contributed by atoms with van der Waals surface area (Å²) in [4.78, 5) is 39.7. The van der Waals surface area contributed by atoms with E-state index in [0.29, 0.717) is 31.8 Å². The van der Waals surface area contributed by atoms with Crippen LogP contribution in [0, 0.1) is 5.92 Å². The molecule has 0 aromatic heterocycles. The van der Waals surface area contributed by atoms with Crippen molar-refractivity contribution in [2.45, 2.75) is 44.7 Å². The predicted octanol–water partition coefficient (Wildman–Crippen LogP) is 2.22. The first-order chi connectivity index (χ1) is 14.4. The van der Waals surface area contributed by atoms with E-state index in [1.54, 1.807) is 13.2 Å². The molecule has 2 fully saturated rings. The molecule has 1 aliphatic carbocycles. The van der Waals surface area contributed by atoms with E-state index in [2.05, 4.69) is 24.2 Å². The molecule has 1 aromatic carbocycles. The number of rotatable bonds is 8. The van der Waals surface area contributed by atoms with E-state index < -0.39 is 17.5 Å². The van der Waals surface area contributed by atoms with Gasteiger partial charge in [0.2, 0.25) is 0 Å². The van der Waals surface area contributed by atoms with Crippen molar-refractivity contribution >= 4 is 17.8 Å². The van der Waals surface area contributed by atoms with Crippen molar-refractivity contribution in [3.05, 3.63) is 42.5 Å². The van der Waals surface area contributed by atoms with Crippen molar-refractivity contribution in [2.75, 3.05) is 20.2 Å². The second-order valence-electron chi connectivity index (χ2n) is 8.18. The predicted molar refractivity (Wildman–Crippen MR) is 112 cm³/mol. The highest BCUT2D eigenvalue weighted by Gasteiger charge is 2.52. The molecule has 0 unspecified atom stereocenters. The molecule has 0 atom stereocenters. The van der Waals surface area contributed by atoms with Crippen LogP contribution < -0.4 is 15.5 Å². The zero-order chi connectivity index (χ0) is 21.7. The summed E-state index contributed by atoms with van der Waals surface area (Å²) in [5, 5.41) is 3.65. The summed E-state index contributed by atoms with van der Waals surface area (Å²) < 4.78 is 5.16. The highest BCUT2D eigenvalue weighted by Crippen LogP contribution is 2.35. The first-order valence-corrected chi connectivity index (χ1v) is 10.3. The van der Waals surface area contributed by atoms with E-state index in [0.717, 1.165) is 29.2 Å². The lowest BCUT2D eigenvalue weighted by Gasteiger charge is -2.33. The van der Waals surface area contributed by atoms with E-state index >= 15 is 0 Å². The van der Waals surface area contributed by atoms with Gasteiger partial charge in [0, 0.05) is 13.1 Å². The van der Waals surface area contributed by atoms with Crippen LogP contribution in [-0.2, 0) is 16.1 Å². The van der Waals surface area contributed by atoms with Gasteiger partial charge in [0.15, 0.2) is 0 Å². The molecule has 1 aliphatic heterocycles. The molecule has 162 valence electrons. The van der Waals surface area contributed by atoms with Gasteiger partial charge in [-0.05, 0) is 49.3 Å². The second-order valence-corrected chi connectivity index (χ2v) is 8.18. The zero-order valence-corrected chi connectivity index (χ0v) is 17.6. The van der Waals surface area contributed by atoms with E-state index in [1.807, 2.05) is 29.2 Å². The van der Waals surface area contributed by atoms with Crippen LogP contribution in [0.15, 0.2) is 36.9 Å². The quantitative estimate of drug-likeness (QED) is 0.503. The molecule has 3 rings (SSSR count). The molecule has 1 saturated heterocycles. The molecular weight excluding hydrogens is 384 g/mol. The van der Waals surface area contributed by atoms with Crippen molar-refractivity contribution in [1.29, 1.82) is 0 Å². The molecule has 2 aliphatic rings. The number of imide groups is 1. The molecule has 4 amide bonds. The minimum Gasteiger partial charge on any atom is -0.497 e. The average Bonchev–Trinajstić information content (AvgIpc) is 2.95. The number of urea groups is 1. The molecule has 30 heavy (non-hydrogen) atoms. The summed E-state index contributed by atoms with van der Waals surface area (Å²) in [6.45, 7) is 6.92. The van der Waals surface area contributed by atoms with Gasteiger partial charge >= 0.3 is 6.03 Å². The third-order valence-electron chi connectivity index (χ3n) is 5.85. The maximum Gasteiger partial charge on any atom is 0.344 e. The Kier molecular flexibility index (Phi) is 6.77. The first kappa shape index (κ1) is 21.8. The first-order valence-electron chi connectivity index (χ1n) is 10.3. The SMILES string of the molecule is C=CCN(CC(=O)NN1C(=O)NC2(CCC(C)CC2)C1=O)Cc1ccc(OC)cc1. The Hall–Kier alpha value is -2.87. The Balaban J connectivity index is 1.60. The number of methoxy groups -OCH3 is 1. The number of hydrazine groups is 1. The number of carbonyl (C=O) groups excluding carboxylic acids is 3. The van der Waals surface area contributed by atoms with Crippen molar-refractivity contribution in [2.24, 2.45) is 5.92 Å². The Morgan fingerprint density at radius 2 is 2.00 bits per heavy atom. The van der Waals surface area contributed by atoms with Gasteiger partial charge in [-0.3, -0.25) is 19.9 Å². The largest absolute Gasteiger partial charge is 0.497 e. The summed E-state index contributed by atoms with van der Waals surface area (Å²) in [6, 6.07) is 7.02. The second kappa shape index (κ2) is 9.30. The summed E-state index contributed by atoms with van der Waals surface area (Å²) >= 11 is 0. The van der Waals surface area contributed by atoms with Gasteiger partial charge in [0.05, 0.1) is 13.7 Å². The van der Waals surface area contributed by atoms with Crippen LogP contribution in [0.25, 0.3) is 0 Å². The van der Waals surface area contributed by atoms with Crippen LogP contribution in [0.2, 0.25) is 0 Å². The lowest BCUT2D eigenvalue weighted by molar-refractivity contribution is -0.140. The number of carbonyl (C=O) groups is 3. The number of amides is 4. The number of hydrogen-bond donors (Lipinski definition) is 2. The third-order valence-corrected chi connectivity index (χ3v) is 5.85. The standard InChI is InChI=1S/C22H30N4O4/c1-4-13-25(14-17-5-7-18(30-3)8-6-17)15-19(27)24-26-20(28)22(23-21(26)29)11-9-16(2)10-12-22/h4-8,16H,1,9-15H2,2-3H3,(H,23,29)(H,24,27). The summed E-state index contributed by atoms with van der Waals surface area (Å²) in [6.07, 6.45) is 4.67. The van der Waals surface area contributed by atoms with Gasteiger partial charge in [0.1, 0.15) is 11.3 Å². The fourth-order valence-corrected chi connectivity index (χ4v) is 4.04. The maximum atomic E-state index is 12.9. The molecule has 1 saturated carbocycles. The number of hydrogen-bond acceptors (Lipinski definition) is 5. The van der Waals surface area contributed by atoms with Crippen LogP contribution in [0.5, 0.6) is 5.75 Å². The number of benzene rings is 1.